The van der Waals surface area contributed by atoms with Gasteiger partial charge in [0, 0.05) is 6.42 Å². The van der Waals surface area contributed by atoms with E-state index in [4.69, 9.17) is 16.7 Å². The van der Waals surface area contributed by atoms with Gasteiger partial charge in [0.1, 0.15) is 5.82 Å². The van der Waals surface area contributed by atoms with Crippen molar-refractivity contribution in [2.45, 2.75) is 12.8 Å². The summed E-state index contributed by atoms with van der Waals surface area (Å²) in [6.07, 6.45) is 1.77. The first-order valence-corrected chi connectivity index (χ1v) is 4.84. The number of nitrogens with one attached hydrogen (secondary N) is 1. The van der Waals surface area contributed by atoms with E-state index in [9.17, 15) is 0 Å². The second kappa shape index (κ2) is 4.19. The van der Waals surface area contributed by atoms with Crippen molar-refractivity contribution in [2.24, 2.45) is 0 Å². The first-order chi connectivity index (χ1) is 6.84. The molecular weight excluding hydrogens is 196 g/mol. The van der Waals surface area contributed by atoms with Gasteiger partial charge in [0.25, 0.3) is 0 Å². The monoisotopic (exact) mass is 206 g/mol. The summed E-state index contributed by atoms with van der Waals surface area (Å²) in [5.41, 5.74) is 1.29. The van der Waals surface area contributed by atoms with Crippen LogP contribution in [0.1, 0.15) is 11.4 Å². The molecule has 0 aliphatic heterocycles. The molecule has 2 rings (SSSR count). The molecule has 1 aromatic heterocycles. The zero-order valence-electron chi connectivity index (χ0n) is 7.56. The Labute approximate surface area is 86.8 Å². The van der Waals surface area contributed by atoms with Crippen LogP contribution in [-0.4, -0.2) is 10.1 Å². The normalized spacial score (nSPS) is 10.3. The van der Waals surface area contributed by atoms with Gasteiger partial charge >= 0.3 is 4.84 Å². The molecule has 0 aliphatic rings. The van der Waals surface area contributed by atoms with Gasteiger partial charge in [-0.3, -0.25) is 0 Å². The molecule has 0 saturated heterocycles. The standard InChI is InChI=1S/C10H10N2OS/c14-10-11-9(12-13-10)7-6-8-4-2-1-3-5-8/h1-5H,6-7H2,(H,11,12,14). The van der Waals surface area contributed by atoms with Crippen LogP contribution in [0.4, 0.5) is 0 Å². The Morgan fingerprint density at radius 3 is 2.64 bits per heavy atom. The summed E-state index contributed by atoms with van der Waals surface area (Å²) in [6.45, 7) is 0. The minimum Gasteiger partial charge on any atom is -0.348 e. The molecule has 3 nitrogen and oxygen atoms in total. The van der Waals surface area contributed by atoms with Gasteiger partial charge in [-0.25, -0.2) is 5.16 Å². The lowest BCUT2D eigenvalue weighted by Crippen LogP contribution is -1.92. The lowest BCUT2D eigenvalue weighted by Gasteiger charge is -1.96. The summed E-state index contributed by atoms with van der Waals surface area (Å²) in [5.74, 6) is 0.804. The lowest BCUT2D eigenvalue weighted by atomic mass is 10.1. The van der Waals surface area contributed by atoms with Gasteiger partial charge < -0.3 is 4.52 Å². The van der Waals surface area contributed by atoms with Crippen molar-refractivity contribution in [2.75, 3.05) is 0 Å². The number of hydrogen-bond donors (Lipinski definition) is 1. The van der Waals surface area contributed by atoms with E-state index in [1.54, 1.807) is 0 Å². The number of aromatic amines is 1. The van der Waals surface area contributed by atoms with E-state index in [1.807, 2.05) is 18.2 Å². The summed E-state index contributed by atoms with van der Waals surface area (Å²) in [6, 6.07) is 10.2. The fourth-order valence-corrected chi connectivity index (χ4v) is 1.42. The number of aromatic nitrogens is 2. The van der Waals surface area contributed by atoms with Crippen LogP contribution in [0.15, 0.2) is 34.9 Å². The van der Waals surface area contributed by atoms with Gasteiger partial charge in [-0.2, -0.15) is 4.98 Å². The van der Waals surface area contributed by atoms with E-state index >= 15 is 0 Å². The fourth-order valence-electron chi connectivity index (χ4n) is 1.27. The van der Waals surface area contributed by atoms with Crippen molar-refractivity contribution in [3.63, 3.8) is 0 Å². The zero-order chi connectivity index (χ0) is 9.80. The molecule has 1 heterocycles. The molecule has 0 radical (unpaired) electrons. The molecule has 0 bridgehead atoms. The summed E-state index contributed by atoms with van der Waals surface area (Å²) in [7, 11) is 0. The first kappa shape index (κ1) is 9.15. The molecule has 0 aliphatic carbocycles. The summed E-state index contributed by atoms with van der Waals surface area (Å²) < 4.78 is 4.83. The van der Waals surface area contributed by atoms with Gasteiger partial charge in [-0.15, -0.1) is 0 Å². The predicted molar refractivity (Wildman–Crippen MR) is 55.5 cm³/mol. The number of rotatable bonds is 3. The van der Waals surface area contributed by atoms with E-state index in [-0.39, 0.29) is 4.84 Å². The number of benzene rings is 1. The van der Waals surface area contributed by atoms with Gasteiger partial charge in [0.05, 0.1) is 0 Å². The predicted octanol–water partition coefficient (Wildman–Crippen LogP) is 2.52. The third-order valence-electron chi connectivity index (χ3n) is 1.98. The average molecular weight is 206 g/mol. The highest BCUT2D eigenvalue weighted by Crippen LogP contribution is 2.03. The van der Waals surface area contributed by atoms with Gasteiger partial charge in [0.2, 0.25) is 0 Å². The van der Waals surface area contributed by atoms with Crippen LogP contribution < -0.4 is 0 Å². The van der Waals surface area contributed by atoms with E-state index < -0.39 is 0 Å². The molecular formula is C10H10N2OS. The molecule has 1 aromatic carbocycles. The quantitative estimate of drug-likeness (QED) is 0.784. The molecule has 0 fully saturated rings. The Kier molecular flexibility index (Phi) is 2.74. The maximum absolute atomic E-state index is 4.83. The Balaban J connectivity index is 1.98. The number of aryl methyl sites for hydroxylation is 2. The molecule has 72 valence electrons. The summed E-state index contributed by atoms with van der Waals surface area (Å²) in [4.78, 5) is 4.29. The van der Waals surface area contributed by atoms with E-state index in [2.05, 4.69) is 22.3 Å². The first-order valence-electron chi connectivity index (χ1n) is 4.43. The Morgan fingerprint density at radius 2 is 2.00 bits per heavy atom. The van der Waals surface area contributed by atoms with Crippen LogP contribution in [0.5, 0.6) is 0 Å². The molecule has 0 unspecified atom stereocenters. The molecule has 0 spiro atoms. The minimum atomic E-state index is 0.271. The topological polar surface area (TPSA) is 41.8 Å². The van der Waals surface area contributed by atoms with Crippen LogP contribution in [0.3, 0.4) is 0 Å². The lowest BCUT2D eigenvalue weighted by molar-refractivity contribution is 0.398. The number of hydrogen-bond acceptors (Lipinski definition) is 3. The molecule has 1 N–H and O–H groups in total. The van der Waals surface area contributed by atoms with Crippen molar-refractivity contribution < 1.29 is 4.52 Å². The smallest absolute Gasteiger partial charge is 0.314 e. The maximum Gasteiger partial charge on any atom is 0.314 e. The van der Waals surface area contributed by atoms with Crippen LogP contribution in [0.2, 0.25) is 0 Å². The second-order valence-corrected chi connectivity index (χ2v) is 3.36. The summed E-state index contributed by atoms with van der Waals surface area (Å²) in [5, 5.41) is 2.69. The van der Waals surface area contributed by atoms with E-state index in [0.717, 1.165) is 18.7 Å². The van der Waals surface area contributed by atoms with Crippen LogP contribution in [-0.2, 0) is 12.8 Å². The molecule has 2 aromatic rings. The SMILES string of the molecule is S=c1nc(CCc2ccccc2)[nH]o1. The van der Waals surface area contributed by atoms with E-state index in [1.165, 1.54) is 5.56 Å². The Hall–Kier alpha value is -1.42. The van der Waals surface area contributed by atoms with Crippen molar-refractivity contribution in [1.29, 1.82) is 0 Å². The molecule has 0 amide bonds. The van der Waals surface area contributed by atoms with Crippen LogP contribution >= 0.6 is 12.2 Å². The average Bonchev–Trinajstić information content (AvgIpc) is 2.63. The highest BCUT2D eigenvalue weighted by molar-refractivity contribution is 7.71. The molecule has 0 saturated carbocycles. The minimum absolute atomic E-state index is 0.271. The second-order valence-electron chi connectivity index (χ2n) is 3.01. The molecule has 0 atom stereocenters. The molecule has 4 heteroatoms. The van der Waals surface area contributed by atoms with Gasteiger partial charge in [-0.1, -0.05) is 30.3 Å². The van der Waals surface area contributed by atoms with Crippen molar-refractivity contribution >= 4 is 12.2 Å². The number of nitrogens with zero attached hydrogens (tertiary/aromatic N) is 1. The van der Waals surface area contributed by atoms with Crippen molar-refractivity contribution in [1.82, 2.24) is 10.1 Å². The van der Waals surface area contributed by atoms with Crippen LogP contribution in [0.25, 0.3) is 0 Å². The van der Waals surface area contributed by atoms with Gasteiger partial charge in [0.15, 0.2) is 0 Å². The van der Waals surface area contributed by atoms with Crippen molar-refractivity contribution in [3.05, 3.63) is 46.6 Å². The maximum atomic E-state index is 4.83. The van der Waals surface area contributed by atoms with Gasteiger partial charge in [-0.05, 0) is 24.2 Å². The van der Waals surface area contributed by atoms with Crippen LogP contribution in [0, 0.1) is 4.84 Å². The highest BCUT2D eigenvalue weighted by atomic mass is 32.1. The summed E-state index contributed by atoms with van der Waals surface area (Å²) >= 11 is 4.75. The zero-order valence-corrected chi connectivity index (χ0v) is 8.38. The third-order valence-corrected chi connectivity index (χ3v) is 2.15. The fraction of sp³-hybridized carbons (Fsp3) is 0.200. The Bertz CT molecular complexity index is 446. The largest absolute Gasteiger partial charge is 0.348 e. The van der Waals surface area contributed by atoms with E-state index in [0.29, 0.717) is 0 Å². The number of H-pyrrole nitrogens is 1. The highest BCUT2D eigenvalue weighted by Gasteiger charge is 1.98. The molecule has 14 heavy (non-hydrogen) atoms. The third kappa shape index (κ3) is 2.29. The Morgan fingerprint density at radius 1 is 1.21 bits per heavy atom. The van der Waals surface area contributed by atoms with Crippen molar-refractivity contribution in [3.8, 4) is 0 Å².